The van der Waals surface area contributed by atoms with Gasteiger partial charge in [-0.3, -0.25) is 4.90 Å². The number of hydrogen-bond acceptors (Lipinski definition) is 7. The normalized spacial score (nSPS) is 15.0. The van der Waals surface area contributed by atoms with E-state index in [1.807, 2.05) is 6.07 Å². The van der Waals surface area contributed by atoms with E-state index >= 15 is 0 Å². The lowest BCUT2D eigenvalue weighted by molar-refractivity contribution is 0.220. The first-order valence-electron chi connectivity index (χ1n) is 9.74. The number of nitrogens with one attached hydrogen (secondary N) is 1. The van der Waals surface area contributed by atoms with Crippen LogP contribution in [0.5, 0.6) is 5.75 Å². The van der Waals surface area contributed by atoms with E-state index in [9.17, 15) is 0 Å². The Kier molecular flexibility index (Phi) is 7.29. The highest BCUT2D eigenvalue weighted by atomic mass is 16.5. The zero-order valence-electron chi connectivity index (χ0n) is 15.8. The van der Waals surface area contributed by atoms with Crippen molar-refractivity contribution in [2.24, 2.45) is 0 Å². The van der Waals surface area contributed by atoms with Crippen molar-refractivity contribution in [3.8, 4) is 5.75 Å². The number of likely N-dealkylation sites (tertiary alicyclic amines) is 1. The second-order valence-corrected chi connectivity index (χ2v) is 6.85. The number of ether oxygens (including phenoxy) is 1. The first kappa shape index (κ1) is 19.4. The smallest absolute Gasteiger partial charge is 0.241 e. The summed E-state index contributed by atoms with van der Waals surface area (Å²) in [5, 5.41) is 16.2. The zero-order valence-corrected chi connectivity index (χ0v) is 15.8. The van der Waals surface area contributed by atoms with Gasteiger partial charge in [-0.25, -0.2) is 4.68 Å². The van der Waals surface area contributed by atoms with E-state index in [-0.39, 0.29) is 12.6 Å². The summed E-state index contributed by atoms with van der Waals surface area (Å²) in [6.45, 7) is 5.06. The van der Waals surface area contributed by atoms with Gasteiger partial charge in [-0.1, -0.05) is 18.6 Å². The quantitative estimate of drug-likeness (QED) is 0.544. The fraction of sp³-hybridized carbons (Fsp3) is 0.579. The topological polar surface area (TPSA) is 101 Å². The fourth-order valence-corrected chi connectivity index (χ4v) is 3.31. The molecule has 0 atom stereocenters. The fourth-order valence-electron chi connectivity index (χ4n) is 3.31. The molecule has 8 heteroatoms. The van der Waals surface area contributed by atoms with Crippen molar-refractivity contribution in [3.63, 3.8) is 0 Å². The first-order chi connectivity index (χ1) is 13.2. The molecule has 2 aromatic rings. The van der Waals surface area contributed by atoms with Crippen LogP contribution in [0.4, 0.5) is 11.9 Å². The predicted octanol–water partition coefficient (Wildman–Crippen LogP) is 1.72. The van der Waals surface area contributed by atoms with E-state index < -0.39 is 0 Å². The van der Waals surface area contributed by atoms with Crippen LogP contribution in [-0.4, -0.2) is 57.6 Å². The molecule has 1 saturated heterocycles. The summed E-state index contributed by atoms with van der Waals surface area (Å²) in [6.07, 6.45) is 4.79. The van der Waals surface area contributed by atoms with Crippen molar-refractivity contribution < 1.29 is 9.84 Å². The van der Waals surface area contributed by atoms with Gasteiger partial charge in [-0.15, -0.1) is 5.10 Å². The molecule has 0 amide bonds. The van der Waals surface area contributed by atoms with Crippen molar-refractivity contribution in [1.82, 2.24) is 19.7 Å². The number of anilines is 2. The molecular formula is C19H30N6O2. The Hall–Kier alpha value is -2.32. The molecular weight excluding hydrogens is 344 g/mol. The Morgan fingerprint density at radius 1 is 1.22 bits per heavy atom. The zero-order chi connectivity index (χ0) is 18.9. The van der Waals surface area contributed by atoms with E-state index in [2.05, 4.69) is 38.5 Å². The van der Waals surface area contributed by atoms with Gasteiger partial charge in [0.25, 0.3) is 0 Å². The summed E-state index contributed by atoms with van der Waals surface area (Å²) in [5.74, 6) is 1.69. The van der Waals surface area contributed by atoms with Gasteiger partial charge in [0.15, 0.2) is 0 Å². The molecule has 3 rings (SSSR count). The van der Waals surface area contributed by atoms with Gasteiger partial charge in [0.1, 0.15) is 5.75 Å². The Bertz CT molecular complexity index is 699. The van der Waals surface area contributed by atoms with Gasteiger partial charge in [0.2, 0.25) is 11.9 Å². The molecule has 2 heterocycles. The van der Waals surface area contributed by atoms with Gasteiger partial charge in [0, 0.05) is 13.1 Å². The van der Waals surface area contributed by atoms with Crippen LogP contribution in [0.3, 0.4) is 0 Å². The first-order valence-corrected chi connectivity index (χ1v) is 9.74. The maximum absolute atomic E-state index is 9.03. The van der Waals surface area contributed by atoms with Crippen LogP contribution in [0.2, 0.25) is 0 Å². The van der Waals surface area contributed by atoms with E-state index in [1.165, 1.54) is 37.9 Å². The minimum atomic E-state index is -0.00560. The van der Waals surface area contributed by atoms with Crippen LogP contribution in [0.15, 0.2) is 24.3 Å². The number of nitrogens with two attached hydrogens (primary N) is 1. The lowest BCUT2D eigenvalue weighted by atomic mass is 10.1. The Balaban J connectivity index is 1.39. The molecule has 0 radical (unpaired) electrons. The van der Waals surface area contributed by atoms with Crippen molar-refractivity contribution in [2.45, 2.75) is 38.8 Å². The van der Waals surface area contributed by atoms with Crippen molar-refractivity contribution >= 4 is 11.9 Å². The summed E-state index contributed by atoms with van der Waals surface area (Å²) >= 11 is 0. The highest BCUT2D eigenvalue weighted by Crippen LogP contribution is 2.17. The number of rotatable bonds is 10. The van der Waals surface area contributed by atoms with Crippen LogP contribution in [0.25, 0.3) is 0 Å². The number of benzene rings is 1. The SMILES string of the molecule is Nc1nc(NCCCOc2cccc(CN3CCCCC3)c2)n(CCO)n1. The molecule has 4 N–H and O–H groups in total. The lowest BCUT2D eigenvalue weighted by Crippen LogP contribution is -2.29. The number of nitrogens with zero attached hydrogens (tertiary/aromatic N) is 4. The molecule has 148 valence electrons. The predicted molar refractivity (Wildman–Crippen MR) is 106 cm³/mol. The van der Waals surface area contributed by atoms with Crippen LogP contribution < -0.4 is 15.8 Å². The van der Waals surface area contributed by atoms with E-state index in [0.29, 0.717) is 25.6 Å². The number of aliphatic hydroxyl groups is 1. The van der Waals surface area contributed by atoms with Crippen LogP contribution in [-0.2, 0) is 13.1 Å². The third kappa shape index (κ3) is 6.11. The van der Waals surface area contributed by atoms with E-state index in [4.69, 9.17) is 15.6 Å². The van der Waals surface area contributed by atoms with Crippen molar-refractivity contribution in [3.05, 3.63) is 29.8 Å². The summed E-state index contributed by atoms with van der Waals surface area (Å²) < 4.78 is 7.46. The Morgan fingerprint density at radius 2 is 2.07 bits per heavy atom. The molecule has 1 aliphatic rings. The van der Waals surface area contributed by atoms with E-state index in [0.717, 1.165) is 18.7 Å². The number of piperidine rings is 1. The largest absolute Gasteiger partial charge is 0.494 e. The number of hydrogen-bond donors (Lipinski definition) is 3. The third-order valence-corrected chi connectivity index (χ3v) is 4.63. The highest BCUT2D eigenvalue weighted by Gasteiger charge is 2.11. The van der Waals surface area contributed by atoms with Gasteiger partial charge in [-0.05, 0) is 50.0 Å². The van der Waals surface area contributed by atoms with E-state index in [1.54, 1.807) is 4.68 Å². The average Bonchev–Trinajstić information content (AvgIpc) is 3.02. The molecule has 0 bridgehead atoms. The lowest BCUT2D eigenvalue weighted by Gasteiger charge is -2.26. The molecule has 27 heavy (non-hydrogen) atoms. The van der Waals surface area contributed by atoms with Gasteiger partial charge in [0.05, 0.1) is 19.8 Å². The second kappa shape index (κ2) is 10.1. The van der Waals surface area contributed by atoms with Gasteiger partial charge < -0.3 is 20.9 Å². The molecule has 8 nitrogen and oxygen atoms in total. The number of aliphatic hydroxyl groups excluding tert-OH is 1. The molecule has 1 aromatic heterocycles. The monoisotopic (exact) mass is 374 g/mol. The van der Waals surface area contributed by atoms with Crippen molar-refractivity contribution in [1.29, 1.82) is 0 Å². The summed E-state index contributed by atoms with van der Waals surface area (Å²) in [4.78, 5) is 6.63. The number of aromatic nitrogens is 3. The standard InChI is InChI=1S/C19H30N6O2/c20-18-22-19(25(23-18)11-12-26)21-8-5-13-27-17-7-4-6-16(14-17)15-24-9-2-1-3-10-24/h4,6-7,14,26H,1-3,5,8-13,15H2,(H3,20,21,22,23). The van der Waals surface area contributed by atoms with Crippen LogP contribution in [0, 0.1) is 0 Å². The van der Waals surface area contributed by atoms with Crippen LogP contribution in [0.1, 0.15) is 31.2 Å². The Labute approximate surface area is 160 Å². The molecule has 0 saturated carbocycles. The molecule has 1 aromatic carbocycles. The second-order valence-electron chi connectivity index (χ2n) is 6.85. The molecule has 0 unspecified atom stereocenters. The van der Waals surface area contributed by atoms with Gasteiger partial charge >= 0.3 is 0 Å². The minimum absolute atomic E-state index is 0.00560. The molecule has 1 fully saturated rings. The van der Waals surface area contributed by atoms with Crippen LogP contribution >= 0.6 is 0 Å². The average molecular weight is 374 g/mol. The molecule has 0 aliphatic carbocycles. The number of nitrogen functional groups attached to an aromatic ring is 1. The molecule has 0 spiro atoms. The maximum Gasteiger partial charge on any atom is 0.241 e. The maximum atomic E-state index is 9.03. The highest BCUT2D eigenvalue weighted by molar-refractivity contribution is 5.32. The summed E-state index contributed by atoms with van der Waals surface area (Å²) in [5.41, 5.74) is 6.91. The Morgan fingerprint density at radius 3 is 2.89 bits per heavy atom. The summed E-state index contributed by atoms with van der Waals surface area (Å²) in [6, 6.07) is 8.38. The summed E-state index contributed by atoms with van der Waals surface area (Å²) in [7, 11) is 0. The molecule has 1 aliphatic heterocycles. The van der Waals surface area contributed by atoms with Crippen molar-refractivity contribution in [2.75, 3.05) is 43.9 Å². The van der Waals surface area contributed by atoms with Gasteiger partial charge in [-0.2, -0.15) is 4.98 Å². The third-order valence-electron chi connectivity index (χ3n) is 4.63. The minimum Gasteiger partial charge on any atom is -0.494 e.